The maximum Gasteiger partial charge on any atom is 0.251 e. The number of carbonyl (C=O) groups excluding carboxylic acids is 1. The number of rotatable bonds is 10. The van der Waals surface area contributed by atoms with Crippen molar-refractivity contribution in [3.63, 3.8) is 0 Å². The van der Waals surface area contributed by atoms with Crippen LogP contribution in [0.25, 0.3) is 10.9 Å². The Morgan fingerprint density at radius 2 is 1.76 bits per heavy atom. The van der Waals surface area contributed by atoms with Gasteiger partial charge in [0.05, 0.1) is 4.90 Å². The first-order chi connectivity index (χ1) is 18.3. The summed E-state index contributed by atoms with van der Waals surface area (Å²) in [5.74, 6) is 0.431. The normalized spacial score (nSPS) is 11.5. The quantitative estimate of drug-likeness (QED) is 0.247. The van der Waals surface area contributed by atoms with Crippen molar-refractivity contribution in [2.75, 3.05) is 7.05 Å². The molecule has 0 fully saturated rings. The number of benzene rings is 3. The molecule has 0 spiro atoms. The first kappa shape index (κ1) is 27.9. The molecule has 10 heteroatoms. The fraction of sp³-hybridized carbons (Fsp3) is 0.214. The van der Waals surface area contributed by atoms with E-state index in [-0.39, 0.29) is 35.7 Å². The van der Waals surface area contributed by atoms with E-state index in [1.807, 2.05) is 37.3 Å². The van der Waals surface area contributed by atoms with Crippen LogP contribution in [0.1, 0.15) is 38.3 Å². The molecule has 2 N–H and O–H groups in total. The number of para-hydroxylation sites is 1. The van der Waals surface area contributed by atoms with Crippen LogP contribution in [0.5, 0.6) is 5.75 Å². The van der Waals surface area contributed by atoms with Crippen molar-refractivity contribution in [2.24, 2.45) is 0 Å². The number of nitrogens with one attached hydrogen (secondary N) is 2. The van der Waals surface area contributed by atoms with Gasteiger partial charge in [-0.2, -0.15) is 0 Å². The SMILES string of the molecule is CNC(=O)c1cccc(CNS(=O)(=O)c2ccc(CCl)c(COc3cccc4ccc(C)nc34)c2CCl)c1. The average molecular weight is 573 g/mol. The molecular formula is C28H27Cl2N3O4S. The number of fused-ring (bicyclic) bond motifs is 1. The largest absolute Gasteiger partial charge is 0.487 e. The van der Waals surface area contributed by atoms with Gasteiger partial charge in [-0.1, -0.05) is 36.4 Å². The van der Waals surface area contributed by atoms with Gasteiger partial charge < -0.3 is 10.1 Å². The highest BCUT2D eigenvalue weighted by Gasteiger charge is 2.23. The highest BCUT2D eigenvalue weighted by atomic mass is 35.5. The molecule has 4 rings (SSSR count). The molecule has 0 aliphatic heterocycles. The Balaban J connectivity index is 1.63. The van der Waals surface area contributed by atoms with Gasteiger partial charge in [-0.05, 0) is 59.5 Å². The molecule has 38 heavy (non-hydrogen) atoms. The van der Waals surface area contributed by atoms with Crippen LogP contribution in [0.4, 0.5) is 0 Å². The number of ether oxygens (including phenoxy) is 1. The lowest BCUT2D eigenvalue weighted by atomic mass is 10.0. The fourth-order valence-corrected chi connectivity index (χ4v) is 6.04. The summed E-state index contributed by atoms with van der Waals surface area (Å²) in [6, 6.07) is 19.5. The molecule has 7 nitrogen and oxygen atoms in total. The summed E-state index contributed by atoms with van der Waals surface area (Å²) < 4.78 is 35.5. The maximum absolute atomic E-state index is 13.4. The minimum atomic E-state index is -3.96. The molecule has 4 aromatic rings. The number of aryl methyl sites for hydroxylation is 1. The zero-order valence-corrected chi connectivity index (χ0v) is 23.3. The van der Waals surface area contributed by atoms with Crippen LogP contribution in [-0.4, -0.2) is 26.4 Å². The number of aromatic nitrogens is 1. The lowest BCUT2D eigenvalue weighted by Crippen LogP contribution is -2.25. The molecule has 0 radical (unpaired) electrons. The number of alkyl halides is 2. The monoisotopic (exact) mass is 571 g/mol. The molecule has 0 aliphatic carbocycles. The fourth-order valence-electron chi connectivity index (χ4n) is 4.13. The highest BCUT2D eigenvalue weighted by Crippen LogP contribution is 2.30. The van der Waals surface area contributed by atoms with Crippen molar-refractivity contribution in [1.82, 2.24) is 15.0 Å². The van der Waals surface area contributed by atoms with Crippen LogP contribution in [0.15, 0.2) is 71.6 Å². The van der Waals surface area contributed by atoms with E-state index in [9.17, 15) is 13.2 Å². The van der Waals surface area contributed by atoms with Crippen molar-refractivity contribution in [3.05, 3.63) is 100 Å². The second-order valence-electron chi connectivity index (χ2n) is 8.62. The van der Waals surface area contributed by atoms with Gasteiger partial charge in [-0.15, -0.1) is 23.2 Å². The van der Waals surface area contributed by atoms with E-state index < -0.39 is 10.0 Å². The highest BCUT2D eigenvalue weighted by molar-refractivity contribution is 7.89. The first-order valence-electron chi connectivity index (χ1n) is 11.8. The summed E-state index contributed by atoms with van der Waals surface area (Å²) >= 11 is 12.5. The third kappa shape index (κ3) is 6.10. The lowest BCUT2D eigenvalue weighted by molar-refractivity contribution is 0.0963. The van der Waals surface area contributed by atoms with E-state index in [1.54, 1.807) is 30.3 Å². The van der Waals surface area contributed by atoms with E-state index in [2.05, 4.69) is 15.0 Å². The van der Waals surface area contributed by atoms with Crippen LogP contribution in [0.3, 0.4) is 0 Å². The van der Waals surface area contributed by atoms with Gasteiger partial charge in [0.2, 0.25) is 10.0 Å². The van der Waals surface area contributed by atoms with E-state index in [1.165, 1.54) is 13.1 Å². The number of hydrogen-bond donors (Lipinski definition) is 2. The molecule has 1 aromatic heterocycles. The Morgan fingerprint density at radius 1 is 0.974 bits per heavy atom. The number of nitrogens with zero attached hydrogens (tertiary/aromatic N) is 1. The number of sulfonamides is 1. The maximum atomic E-state index is 13.4. The van der Waals surface area contributed by atoms with E-state index in [0.717, 1.165) is 22.2 Å². The molecule has 0 saturated carbocycles. The van der Waals surface area contributed by atoms with Crippen LogP contribution in [-0.2, 0) is 34.9 Å². The van der Waals surface area contributed by atoms with Crippen LogP contribution >= 0.6 is 23.2 Å². The number of halogens is 2. The van der Waals surface area contributed by atoms with Crippen molar-refractivity contribution in [1.29, 1.82) is 0 Å². The van der Waals surface area contributed by atoms with Crippen molar-refractivity contribution in [2.45, 2.75) is 36.7 Å². The van der Waals surface area contributed by atoms with Gasteiger partial charge in [0.15, 0.2) is 0 Å². The van der Waals surface area contributed by atoms with Gasteiger partial charge >= 0.3 is 0 Å². The number of pyridine rings is 1. The van der Waals surface area contributed by atoms with Crippen molar-refractivity contribution in [3.8, 4) is 5.75 Å². The minimum Gasteiger partial charge on any atom is -0.487 e. The smallest absolute Gasteiger partial charge is 0.251 e. The van der Waals surface area contributed by atoms with Gasteiger partial charge in [-0.25, -0.2) is 18.1 Å². The third-order valence-electron chi connectivity index (χ3n) is 6.13. The van der Waals surface area contributed by atoms with E-state index >= 15 is 0 Å². The topological polar surface area (TPSA) is 97.4 Å². The Bertz CT molecular complexity index is 1590. The summed E-state index contributed by atoms with van der Waals surface area (Å²) in [5, 5.41) is 3.49. The summed E-state index contributed by atoms with van der Waals surface area (Å²) in [4.78, 5) is 16.6. The molecule has 0 aliphatic rings. The van der Waals surface area contributed by atoms with Crippen molar-refractivity contribution < 1.29 is 17.9 Å². The standard InChI is InChI=1S/C28H27Cl2N3O4S/c1-18-9-10-20-6-4-8-25(27(20)33-18)37-17-24-22(14-29)11-12-26(23(24)15-30)38(35,36)32-16-19-5-3-7-21(13-19)28(34)31-2/h3-13,32H,14-17H2,1-2H3,(H,31,34). The molecular weight excluding hydrogens is 545 g/mol. The predicted octanol–water partition coefficient (Wildman–Crippen LogP) is 5.44. The van der Waals surface area contributed by atoms with E-state index in [4.69, 9.17) is 27.9 Å². The number of hydrogen-bond acceptors (Lipinski definition) is 5. The second-order valence-corrected chi connectivity index (χ2v) is 10.9. The van der Waals surface area contributed by atoms with Gasteiger partial charge in [0, 0.05) is 42.0 Å². The molecule has 1 heterocycles. The Hall–Kier alpha value is -3.17. The number of carbonyl (C=O) groups is 1. The van der Waals surface area contributed by atoms with Gasteiger partial charge in [0.25, 0.3) is 5.91 Å². The summed E-state index contributed by atoms with van der Waals surface area (Å²) in [6.45, 7) is 1.97. The summed E-state index contributed by atoms with van der Waals surface area (Å²) in [5.41, 5.74) is 4.42. The molecule has 0 saturated heterocycles. The summed E-state index contributed by atoms with van der Waals surface area (Å²) in [6.07, 6.45) is 0. The molecule has 0 unspecified atom stereocenters. The van der Waals surface area contributed by atoms with Crippen LogP contribution < -0.4 is 14.8 Å². The van der Waals surface area contributed by atoms with E-state index in [0.29, 0.717) is 28.0 Å². The Kier molecular flexibility index (Phi) is 8.89. The molecule has 3 aromatic carbocycles. The molecule has 198 valence electrons. The Labute approximate surface area is 232 Å². The lowest BCUT2D eigenvalue weighted by Gasteiger charge is -2.18. The summed E-state index contributed by atoms with van der Waals surface area (Å²) in [7, 11) is -2.42. The second kappa shape index (κ2) is 12.1. The average Bonchev–Trinajstić information content (AvgIpc) is 2.94. The number of amides is 1. The van der Waals surface area contributed by atoms with Crippen LogP contribution in [0, 0.1) is 6.92 Å². The van der Waals surface area contributed by atoms with Gasteiger partial charge in [-0.3, -0.25) is 4.79 Å². The first-order valence-corrected chi connectivity index (χ1v) is 14.4. The third-order valence-corrected chi connectivity index (χ3v) is 8.17. The molecule has 0 bridgehead atoms. The van der Waals surface area contributed by atoms with Gasteiger partial charge in [0.1, 0.15) is 17.9 Å². The molecule has 0 atom stereocenters. The zero-order valence-electron chi connectivity index (χ0n) is 20.9. The molecule has 1 amide bonds. The predicted molar refractivity (Wildman–Crippen MR) is 150 cm³/mol. The zero-order chi connectivity index (χ0) is 27.3. The Morgan fingerprint density at radius 3 is 2.50 bits per heavy atom. The van der Waals surface area contributed by atoms with Crippen LogP contribution in [0.2, 0.25) is 0 Å². The van der Waals surface area contributed by atoms with Crippen molar-refractivity contribution >= 4 is 50.0 Å². The minimum absolute atomic E-state index is 0.000983.